The highest BCUT2D eigenvalue weighted by atomic mass is 35.5. The predicted octanol–water partition coefficient (Wildman–Crippen LogP) is 3.34. The molecule has 6 heteroatoms. The zero-order valence-corrected chi connectivity index (χ0v) is 12.7. The van der Waals surface area contributed by atoms with Crippen LogP contribution in [0.2, 0.25) is 5.02 Å². The summed E-state index contributed by atoms with van der Waals surface area (Å²) in [7, 11) is 1.57. The van der Waals surface area contributed by atoms with E-state index in [-0.39, 0.29) is 12.5 Å². The van der Waals surface area contributed by atoms with Crippen LogP contribution in [0.5, 0.6) is 5.75 Å². The van der Waals surface area contributed by atoms with Crippen molar-refractivity contribution in [1.82, 2.24) is 0 Å². The molecule has 0 unspecified atom stereocenters. The maximum atomic E-state index is 11.7. The number of ether oxygens (including phenoxy) is 1. The number of anilines is 1. The third kappa shape index (κ3) is 4.49. The van der Waals surface area contributed by atoms with Crippen LogP contribution in [0.1, 0.15) is 5.56 Å². The van der Waals surface area contributed by atoms with Gasteiger partial charge in [-0.25, -0.2) is 0 Å². The average Bonchev–Trinajstić information content (AvgIpc) is 2.54. The Hall–Kier alpha value is -2.53. The lowest BCUT2D eigenvalue weighted by atomic mass is 10.2. The molecule has 0 saturated heterocycles. The fourth-order valence-electron chi connectivity index (χ4n) is 1.71. The minimum atomic E-state index is -0.342. The van der Waals surface area contributed by atoms with Crippen molar-refractivity contribution in [1.29, 1.82) is 0 Å². The summed E-state index contributed by atoms with van der Waals surface area (Å²) in [6.07, 6.45) is 1.49. The highest BCUT2D eigenvalue weighted by Gasteiger charge is 2.05. The van der Waals surface area contributed by atoms with Gasteiger partial charge in [0.15, 0.2) is 6.61 Å². The second kappa shape index (κ2) is 8.05. The summed E-state index contributed by atoms with van der Waals surface area (Å²) in [5.41, 5.74) is 1.29. The maximum absolute atomic E-state index is 11.7. The van der Waals surface area contributed by atoms with Gasteiger partial charge in [-0.3, -0.25) is 4.79 Å². The predicted molar refractivity (Wildman–Crippen MR) is 86.6 cm³/mol. The molecular formula is C16H15ClN2O3. The smallest absolute Gasteiger partial charge is 0.265 e. The number of hydrogen-bond acceptors (Lipinski definition) is 4. The van der Waals surface area contributed by atoms with Crippen molar-refractivity contribution in [3.63, 3.8) is 0 Å². The van der Waals surface area contributed by atoms with E-state index in [2.05, 4.69) is 10.5 Å². The van der Waals surface area contributed by atoms with Crippen LogP contribution < -0.4 is 10.1 Å². The molecule has 0 fully saturated rings. The van der Waals surface area contributed by atoms with E-state index in [0.29, 0.717) is 16.5 Å². The minimum Gasteiger partial charge on any atom is -0.496 e. The lowest BCUT2D eigenvalue weighted by molar-refractivity contribution is -0.120. The number of amides is 1. The monoisotopic (exact) mass is 318 g/mol. The van der Waals surface area contributed by atoms with Gasteiger partial charge in [-0.05, 0) is 24.3 Å². The van der Waals surface area contributed by atoms with Crippen LogP contribution in [0.25, 0.3) is 0 Å². The van der Waals surface area contributed by atoms with Crippen LogP contribution in [0.15, 0.2) is 53.7 Å². The number of carbonyl (C=O) groups is 1. The molecule has 22 heavy (non-hydrogen) atoms. The third-order valence-corrected chi connectivity index (χ3v) is 3.08. The van der Waals surface area contributed by atoms with Gasteiger partial charge in [-0.15, -0.1) is 0 Å². The maximum Gasteiger partial charge on any atom is 0.265 e. The summed E-state index contributed by atoms with van der Waals surface area (Å²) >= 11 is 5.94. The van der Waals surface area contributed by atoms with Crippen LogP contribution in [0.3, 0.4) is 0 Å². The number of nitrogens with one attached hydrogen (secondary N) is 1. The van der Waals surface area contributed by atoms with E-state index in [1.54, 1.807) is 31.4 Å². The zero-order valence-electron chi connectivity index (χ0n) is 12.0. The van der Waals surface area contributed by atoms with Crippen LogP contribution in [-0.2, 0) is 9.63 Å². The highest BCUT2D eigenvalue weighted by molar-refractivity contribution is 6.33. The topological polar surface area (TPSA) is 59.9 Å². The molecule has 0 aliphatic rings. The molecule has 5 nitrogen and oxygen atoms in total. The number of nitrogens with zero attached hydrogens (tertiary/aromatic N) is 1. The average molecular weight is 319 g/mol. The molecule has 1 amide bonds. The molecular weight excluding hydrogens is 304 g/mol. The first-order chi connectivity index (χ1) is 10.7. The van der Waals surface area contributed by atoms with E-state index in [0.717, 1.165) is 5.56 Å². The van der Waals surface area contributed by atoms with Crippen LogP contribution in [0.4, 0.5) is 5.69 Å². The number of methoxy groups -OCH3 is 1. The number of carbonyl (C=O) groups excluding carboxylic acids is 1. The number of hydrogen-bond donors (Lipinski definition) is 1. The second-order valence-electron chi connectivity index (χ2n) is 4.28. The molecule has 1 N–H and O–H groups in total. The van der Waals surface area contributed by atoms with Gasteiger partial charge < -0.3 is 14.9 Å². The Morgan fingerprint density at radius 3 is 2.73 bits per heavy atom. The molecule has 0 saturated carbocycles. The summed E-state index contributed by atoms with van der Waals surface area (Å²) in [6.45, 7) is -0.211. The van der Waals surface area contributed by atoms with Gasteiger partial charge in [0.2, 0.25) is 0 Å². The summed E-state index contributed by atoms with van der Waals surface area (Å²) in [6, 6.07) is 14.3. The van der Waals surface area contributed by atoms with Gasteiger partial charge in [0.25, 0.3) is 5.91 Å². The van der Waals surface area contributed by atoms with Crippen molar-refractivity contribution in [2.75, 3.05) is 19.0 Å². The Bertz CT molecular complexity index is 674. The Balaban J connectivity index is 1.84. The first kappa shape index (κ1) is 15.9. The van der Waals surface area contributed by atoms with Gasteiger partial charge in [0, 0.05) is 5.56 Å². The van der Waals surface area contributed by atoms with Crippen molar-refractivity contribution < 1.29 is 14.4 Å². The second-order valence-corrected chi connectivity index (χ2v) is 4.69. The van der Waals surface area contributed by atoms with E-state index in [4.69, 9.17) is 21.2 Å². The number of benzene rings is 2. The Kier molecular flexibility index (Phi) is 5.80. The van der Waals surface area contributed by atoms with Gasteiger partial charge in [-0.2, -0.15) is 0 Å². The molecule has 0 spiro atoms. The first-order valence-corrected chi connectivity index (χ1v) is 6.91. The molecule has 0 bridgehead atoms. The summed E-state index contributed by atoms with van der Waals surface area (Å²) in [5.74, 6) is 0.334. The summed E-state index contributed by atoms with van der Waals surface area (Å²) in [4.78, 5) is 16.7. The summed E-state index contributed by atoms with van der Waals surface area (Å²) < 4.78 is 5.17. The van der Waals surface area contributed by atoms with Gasteiger partial charge in [-0.1, -0.05) is 41.0 Å². The van der Waals surface area contributed by atoms with E-state index in [9.17, 15) is 4.79 Å². The molecule has 2 aromatic rings. The van der Waals surface area contributed by atoms with Crippen molar-refractivity contribution >= 4 is 29.4 Å². The van der Waals surface area contributed by atoms with Crippen molar-refractivity contribution in [2.24, 2.45) is 5.16 Å². The molecule has 0 atom stereocenters. The van der Waals surface area contributed by atoms with Crippen molar-refractivity contribution in [3.8, 4) is 5.75 Å². The molecule has 0 heterocycles. The van der Waals surface area contributed by atoms with Crippen LogP contribution in [0, 0.1) is 0 Å². The highest BCUT2D eigenvalue weighted by Crippen LogP contribution is 2.20. The third-order valence-electron chi connectivity index (χ3n) is 2.75. The van der Waals surface area contributed by atoms with Gasteiger partial charge in [0.05, 0.1) is 24.0 Å². The summed E-state index contributed by atoms with van der Waals surface area (Å²) in [5, 5.41) is 6.86. The van der Waals surface area contributed by atoms with Crippen LogP contribution in [-0.4, -0.2) is 25.8 Å². The van der Waals surface area contributed by atoms with Crippen molar-refractivity contribution in [2.45, 2.75) is 0 Å². The Labute approximate surface area is 133 Å². The minimum absolute atomic E-state index is 0.211. The largest absolute Gasteiger partial charge is 0.496 e. The fraction of sp³-hybridized carbons (Fsp3) is 0.125. The van der Waals surface area contributed by atoms with Crippen molar-refractivity contribution in [3.05, 3.63) is 59.1 Å². The normalized spacial score (nSPS) is 10.5. The van der Waals surface area contributed by atoms with E-state index in [1.165, 1.54) is 6.21 Å². The molecule has 0 aliphatic heterocycles. The lowest BCUT2D eigenvalue weighted by Crippen LogP contribution is -2.17. The SMILES string of the molecule is COc1ccccc1/C=N\OCC(=O)Nc1ccccc1Cl. The fourth-order valence-corrected chi connectivity index (χ4v) is 1.89. The Morgan fingerprint density at radius 2 is 1.95 bits per heavy atom. The lowest BCUT2D eigenvalue weighted by Gasteiger charge is -2.06. The molecule has 114 valence electrons. The zero-order chi connectivity index (χ0) is 15.8. The van der Waals surface area contributed by atoms with Crippen LogP contribution >= 0.6 is 11.6 Å². The number of para-hydroxylation sites is 2. The number of rotatable bonds is 6. The Morgan fingerprint density at radius 1 is 1.23 bits per heavy atom. The number of halogens is 1. The molecule has 0 aliphatic carbocycles. The van der Waals surface area contributed by atoms with E-state index < -0.39 is 0 Å². The first-order valence-electron chi connectivity index (χ1n) is 6.53. The molecule has 0 aromatic heterocycles. The molecule has 0 radical (unpaired) electrons. The quantitative estimate of drug-likeness (QED) is 0.656. The molecule has 2 aromatic carbocycles. The van der Waals surface area contributed by atoms with E-state index in [1.807, 2.05) is 24.3 Å². The molecule has 2 rings (SSSR count). The number of oxime groups is 1. The standard InChI is InChI=1S/C16H15ClN2O3/c1-21-15-9-5-2-6-12(15)10-18-22-11-16(20)19-14-8-4-3-7-13(14)17/h2-10H,11H2,1H3,(H,19,20)/b18-10-. The van der Waals surface area contributed by atoms with E-state index >= 15 is 0 Å². The van der Waals surface area contributed by atoms with Gasteiger partial charge in [0.1, 0.15) is 5.75 Å². The van der Waals surface area contributed by atoms with Gasteiger partial charge >= 0.3 is 0 Å².